The molecule has 0 unspecified atom stereocenters. The summed E-state index contributed by atoms with van der Waals surface area (Å²) in [6.45, 7) is 2.03. The smallest absolute Gasteiger partial charge is 0.167 e. The Bertz CT molecular complexity index is 769. The van der Waals surface area contributed by atoms with Crippen molar-refractivity contribution >= 4 is 17.6 Å². The Balaban J connectivity index is 1.79. The van der Waals surface area contributed by atoms with Gasteiger partial charge in [0.05, 0.1) is 0 Å². The van der Waals surface area contributed by atoms with E-state index in [2.05, 4.69) is 0 Å². The summed E-state index contributed by atoms with van der Waals surface area (Å²) in [5.74, 6) is 0.302. The molecular formula is C20H18O2. The molecule has 110 valence electrons. The summed E-state index contributed by atoms with van der Waals surface area (Å²) in [5, 5.41) is 0. The van der Waals surface area contributed by atoms with Gasteiger partial charge in [0.1, 0.15) is 5.78 Å². The van der Waals surface area contributed by atoms with Crippen LogP contribution >= 0.6 is 0 Å². The second kappa shape index (κ2) is 6.10. The highest BCUT2D eigenvalue weighted by Gasteiger charge is 2.17. The number of ketones is 2. The van der Waals surface area contributed by atoms with Crippen molar-refractivity contribution in [2.75, 3.05) is 0 Å². The second-order valence-corrected chi connectivity index (χ2v) is 5.79. The first-order valence-corrected chi connectivity index (χ1v) is 7.52. The van der Waals surface area contributed by atoms with Crippen LogP contribution in [0.2, 0.25) is 0 Å². The summed E-state index contributed by atoms with van der Waals surface area (Å²) in [7, 11) is 0. The molecule has 2 aromatic rings. The van der Waals surface area contributed by atoms with Gasteiger partial charge in [0.15, 0.2) is 5.78 Å². The predicted molar refractivity (Wildman–Crippen MR) is 88.0 cm³/mol. The van der Waals surface area contributed by atoms with Gasteiger partial charge in [0.25, 0.3) is 0 Å². The Kier molecular flexibility index (Phi) is 4.01. The highest BCUT2D eigenvalue weighted by Crippen LogP contribution is 2.23. The van der Waals surface area contributed by atoms with E-state index in [1.807, 2.05) is 61.5 Å². The number of allylic oxidation sites excluding steroid dienone is 1. The zero-order chi connectivity index (χ0) is 15.5. The van der Waals surface area contributed by atoms with E-state index in [4.69, 9.17) is 0 Å². The number of rotatable bonds is 4. The molecule has 0 aromatic heterocycles. The Morgan fingerprint density at radius 3 is 2.73 bits per heavy atom. The lowest BCUT2D eigenvalue weighted by Crippen LogP contribution is -2.11. The van der Waals surface area contributed by atoms with Gasteiger partial charge in [-0.25, -0.2) is 0 Å². The van der Waals surface area contributed by atoms with Gasteiger partial charge in [0, 0.05) is 24.8 Å². The quantitative estimate of drug-likeness (QED) is 0.854. The molecule has 0 amide bonds. The molecule has 2 heteroatoms. The van der Waals surface area contributed by atoms with E-state index in [0.29, 0.717) is 19.3 Å². The third-order valence-corrected chi connectivity index (χ3v) is 3.96. The molecule has 0 atom stereocenters. The molecule has 0 N–H and O–H groups in total. The molecule has 0 radical (unpaired) electrons. The average molecular weight is 290 g/mol. The molecule has 3 rings (SSSR count). The van der Waals surface area contributed by atoms with Crippen LogP contribution in [-0.4, -0.2) is 11.6 Å². The summed E-state index contributed by atoms with van der Waals surface area (Å²) in [6, 6.07) is 13.7. The van der Waals surface area contributed by atoms with Crippen LogP contribution < -0.4 is 0 Å². The SMILES string of the molecule is Cc1cccc(CC(=O)Cc2cccc3c2C=CCC3=O)c1. The van der Waals surface area contributed by atoms with Crippen LogP contribution in [0.4, 0.5) is 0 Å². The number of hydrogen-bond acceptors (Lipinski definition) is 2. The molecule has 2 nitrogen and oxygen atoms in total. The standard InChI is InChI=1S/C20H18O2/c1-14-5-2-6-15(11-14)12-17(21)13-16-7-3-9-19-18(16)8-4-10-20(19)22/h2-9,11H,10,12-13H2,1H3. The molecule has 1 aliphatic carbocycles. The molecule has 0 saturated heterocycles. The van der Waals surface area contributed by atoms with Crippen molar-refractivity contribution in [3.05, 3.63) is 76.4 Å². The number of hydrogen-bond donors (Lipinski definition) is 0. The number of benzene rings is 2. The predicted octanol–water partition coefficient (Wildman–Crippen LogP) is 3.95. The van der Waals surface area contributed by atoms with Gasteiger partial charge in [0.2, 0.25) is 0 Å². The van der Waals surface area contributed by atoms with Crippen molar-refractivity contribution < 1.29 is 9.59 Å². The molecule has 0 spiro atoms. The van der Waals surface area contributed by atoms with E-state index >= 15 is 0 Å². The molecule has 0 saturated carbocycles. The number of carbonyl (C=O) groups is 2. The van der Waals surface area contributed by atoms with E-state index < -0.39 is 0 Å². The highest BCUT2D eigenvalue weighted by atomic mass is 16.1. The summed E-state index contributed by atoms with van der Waals surface area (Å²) >= 11 is 0. The Morgan fingerprint density at radius 2 is 1.91 bits per heavy atom. The maximum Gasteiger partial charge on any atom is 0.167 e. The zero-order valence-electron chi connectivity index (χ0n) is 12.6. The van der Waals surface area contributed by atoms with Crippen molar-refractivity contribution in [2.45, 2.75) is 26.2 Å². The molecular weight excluding hydrogens is 272 g/mol. The summed E-state index contributed by atoms with van der Waals surface area (Å²) < 4.78 is 0. The third kappa shape index (κ3) is 3.06. The third-order valence-electron chi connectivity index (χ3n) is 3.96. The van der Waals surface area contributed by atoms with Gasteiger partial charge in [-0.2, -0.15) is 0 Å². The first-order valence-electron chi connectivity index (χ1n) is 7.52. The van der Waals surface area contributed by atoms with E-state index in [1.54, 1.807) is 0 Å². The lowest BCUT2D eigenvalue weighted by Gasteiger charge is -2.13. The number of carbonyl (C=O) groups excluding carboxylic acids is 2. The molecule has 0 fully saturated rings. The second-order valence-electron chi connectivity index (χ2n) is 5.79. The summed E-state index contributed by atoms with van der Waals surface area (Å²) in [5.41, 5.74) is 4.80. The van der Waals surface area contributed by atoms with Gasteiger partial charge in [-0.15, -0.1) is 0 Å². The molecule has 0 heterocycles. The Labute approximate surface area is 130 Å². The van der Waals surface area contributed by atoms with Crippen molar-refractivity contribution in [3.63, 3.8) is 0 Å². The topological polar surface area (TPSA) is 34.1 Å². The van der Waals surface area contributed by atoms with Crippen LogP contribution in [0.15, 0.2) is 48.5 Å². The van der Waals surface area contributed by atoms with E-state index in [9.17, 15) is 9.59 Å². The lowest BCUT2D eigenvalue weighted by molar-refractivity contribution is -0.117. The van der Waals surface area contributed by atoms with Crippen molar-refractivity contribution in [3.8, 4) is 0 Å². The first kappa shape index (κ1) is 14.5. The van der Waals surface area contributed by atoms with Gasteiger partial charge >= 0.3 is 0 Å². The fraction of sp³-hybridized carbons (Fsp3) is 0.200. The number of aryl methyl sites for hydroxylation is 1. The van der Waals surface area contributed by atoms with Crippen molar-refractivity contribution in [1.29, 1.82) is 0 Å². The van der Waals surface area contributed by atoms with Crippen LogP contribution in [-0.2, 0) is 17.6 Å². The summed E-state index contributed by atoms with van der Waals surface area (Å²) in [4.78, 5) is 24.3. The fourth-order valence-corrected chi connectivity index (χ4v) is 2.93. The van der Waals surface area contributed by atoms with Crippen LogP contribution in [0, 0.1) is 6.92 Å². The summed E-state index contributed by atoms with van der Waals surface area (Å²) in [6.07, 6.45) is 5.09. The van der Waals surface area contributed by atoms with Gasteiger partial charge in [-0.3, -0.25) is 9.59 Å². The van der Waals surface area contributed by atoms with E-state index in [0.717, 1.165) is 27.8 Å². The molecule has 22 heavy (non-hydrogen) atoms. The maximum absolute atomic E-state index is 12.4. The average Bonchev–Trinajstić information content (AvgIpc) is 2.48. The van der Waals surface area contributed by atoms with Crippen LogP contribution in [0.1, 0.15) is 39.0 Å². The largest absolute Gasteiger partial charge is 0.299 e. The first-order chi connectivity index (χ1) is 10.6. The normalized spacial score (nSPS) is 13.0. The zero-order valence-corrected chi connectivity index (χ0v) is 12.6. The molecule has 2 aromatic carbocycles. The molecule has 1 aliphatic rings. The molecule has 0 bridgehead atoms. The minimum Gasteiger partial charge on any atom is -0.299 e. The monoisotopic (exact) mass is 290 g/mol. The van der Waals surface area contributed by atoms with Crippen LogP contribution in [0.3, 0.4) is 0 Å². The van der Waals surface area contributed by atoms with Crippen molar-refractivity contribution in [1.82, 2.24) is 0 Å². The van der Waals surface area contributed by atoms with Gasteiger partial charge in [-0.1, -0.05) is 60.2 Å². The number of fused-ring (bicyclic) bond motifs is 1. The highest BCUT2D eigenvalue weighted by molar-refractivity contribution is 6.03. The van der Waals surface area contributed by atoms with Gasteiger partial charge in [-0.05, 0) is 23.6 Å². The minimum absolute atomic E-state index is 0.130. The lowest BCUT2D eigenvalue weighted by atomic mass is 9.89. The van der Waals surface area contributed by atoms with E-state index in [-0.39, 0.29) is 11.6 Å². The van der Waals surface area contributed by atoms with Crippen LogP contribution in [0.25, 0.3) is 6.08 Å². The molecule has 0 aliphatic heterocycles. The Morgan fingerprint density at radius 1 is 1.09 bits per heavy atom. The minimum atomic E-state index is 0.130. The maximum atomic E-state index is 12.4. The Hall–Kier alpha value is -2.48. The van der Waals surface area contributed by atoms with Crippen molar-refractivity contribution in [2.24, 2.45) is 0 Å². The van der Waals surface area contributed by atoms with Gasteiger partial charge < -0.3 is 0 Å². The fourth-order valence-electron chi connectivity index (χ4n) is 2.93. The number of Topliss-reactive ketones (excluding diaryl/α,β-unsaturated/α-hetero) is 2. The van der Waals surface area contributed by atoms with E-state index in [1.165, 1.54) is 0 Å². The van der Waals surface area contributed by atoms with Crippen LogP contribution in [0.5, 0.6) is 0 Å².